The molecular weight excluding hydrogens is 328 g/mol. The number of benzene rings is 1. The molecule has 2 aliphatic rings. The Morgan fingerprint density at radius 1 is 1.17 bits per heavy atom. The van der Waals surface area contributed by atoms with Crippen molar-refractivity contribution in [3.05, 3.63) is 18.2 Å². The van der Waals surface area contributed by atoms with E-state index in [4.69, 9.17) is 4.74 Å². The fourth-order valence-electron chi connectivity index (χ4n) is 3.43. The van der Waals surface area contributed by atoms with Crippen LogP contribution in [0.1, 0.15) is 45.4 Å². The third-order valence-corrected chi connectivity index (χ3v) is 6.65. The predicted octanol–water partition coefficient (Wildman–Crippen LogP) is 2.75. The van der Waals surface area contributed by atoms with Gasteiger partial charge in [0.05, 0.1) is 17.7 Å². The van der Waals surface area contributed by atoms with Gasteiger partial charge in [-0.25, -0.2) is 8.42 Å². The van der Waals surface area contributed by atoms with Crippen LogP contribution in [0.3, 0.4) is 0 Å². The van der Waals surface area contributed by atoms with Gasteiger partial charge in [-0.15, -0.1) is 0 Å². The Balaban J connectivity index is 1.97. The number of carbonyl (C=O) groups is 1. The van der Waals surface area contributed by atoms with Gasteiger partial charge in [0.2, 0.25) is 15.9 Å². The summed E-state index contributed by atoms with van der Waals surface area (Å²) in [7, 11) is -2.09. The van der Waals surface area contributed by atoms with Crippen LogP contribution in [0.25, 0.3) is 0 Å². The molecule has 1 aromatic rings. The normalized spacial score (nSPS) is 18.8. The fourth-order valence-corrected chi connectivity index (χ4v) is 5.39. The summed E-state index contributed by atoms with van der Waals surface area (Å²) in [4.78, 5) is 11.6. The first-order chi connectivity index (χ1) is 11.4. The number of methoxy groups -OCH3 is 1. The first-order valence-corrected chi connectivity index (χ1v) is 9.86. The van der Waals surface area contributed by atoms with Crippen LogP contribution in [0.2, 0.25) is 0 Å². The molecule has 0 bridgehead atoms. The number of anilines is 1. The molecule has 0 heterocycles. The molecule has 1 N–H and O–H groups in total. The zero-order chi connectivity index (χ0) is 17.3. The molecule has 2 saturated carbocycles. The molecule has 1 amide bonds. The van der Waals surface area contributed by atoms with Crippen LogP contribution in [-0.2, 0) is 14.8 Å². The number of hydrogen-bond donors (Lipinski definition) is 1. The summed E-state index contributed by atoms with van der Waals surface area (Å²) in [5.41, 5.74) is 0.383. The zero-order valence-corrected chi connectivity index (χ0v) is 14.9. The monoisotopic (exact) mass is 352 g/mol. The number of nitrogens with one attached hydrogen (secondary N) is 1. The van der Waals surface area contributed by atoms with Crippen LogP contribution >= 0.6 is 0 Å². The maximum atomic E-state index is 13.2. The van der Waals surface area contributed by atoms with E-state index in [1.54, 1.807) is 16.4 Å². The van der Waals surface area contributed by atoms with Crippen molar-refractivity contribution in [3.8, 4) is 5.75 Å². The number of amides is 1. The van der Waals surface area contributed by atoms with E-state index in [1.807, 2.05) is 0 Å². The summed E-state index contributed by atoms with van der Waals surface area (Å²) < 4.78 is 33.4. The number of rotatable bonds is 6. The molecule has 132 valence electrons. The van der Waals surface area contributed by atoms with Gasteiger partial charge in [-0.1, -0.05) is 12.8 Å². The standard InChI is InChI=1S/C17H24N2O4S/c1-12(20)18-16-11-15(9-10-17(16)23-2)24(21,22)19(14-7-8-14)13-5-3-4-6-13/h9-11,13-14H,3-8H2,1-2H3,(H,18,20). The SMILES string of the molecule is COc1ccc(S(=O)(=O)N(C2CCCC2)C2CC2)cc1NC(C)=O. The molecular formula is C17H24N2O4S. The van der Waals surface area contributed by atoms with Gasteiger partial charge in [0.25, 0.3) is 0 Å². The minimum absolute atomic E-state index is 0.105. The van der Waals surface area contributed by atoms with E-state index in [0.717, 1.165) is 38.5 Å². The van der Waals surface area contributed by atoms with E-state index in [2.05, 4.69) is 5.32 Å². The molecule has 0 saturated heterocycles. The maximum absolute atomic E-state index is 13.2. The highest BCUT2D eigenvalue weighted by atomic mass is 32.2. The fraction of sp³-hybridized carbons (Fsp3) is 0.588. The molecule has 0 radical (unpaired) electrons. The lowest BCUT2D eigenvalue weighted by molar-refractivity contribution is -0.114. The Kier molecular flexibility index (Phi) is 4.83. The quantitative estimate of drug-likeness (QED) is 0.854. The second-order valence-corrected chi connectivity index (χ2v) is 8.39. The largest absolute Gasteiger partial charge is 0.495 e. The Bertz CT molecular complexity index is 722. The van der Waals surface area contributed by atoms with E-state index < -0.39 is 10.0 Å². The van der Waals surface area contributed by atoms with Gasteiger partial charge in [-0.05, 0) is 43.9 Å². The molecule has 3 rings (SSSR count). The van der Waals surface area contributed by atoms with Crippen LogP contribution < -0.4 is 10.1 Å². The van der Waals surface area contributed by atoms with E-state index in [-0.39, 0.29) is 22.9 Å². The van der Waals surface area contributed by atoms with Gasteiger partial charge in [-0.3, -0.25) is 4.79 Å². The minimum Gasteiger partial charge on any atom is -0.495 e. The molecule has 0 aliphatic heterocycles. The lowest BCUT2D eigenvalue weighted by atomic mass is 10.2. The summed E-state index contributed by atoms with van der Waals surface area (Å²) in [6.07, 6.45) is 5.91. The smallest absolute Gasteiger partial charge is 0.243 e. The predicted molar refractivity (Wildman–Crippen MR) is 91.6 cm³/mol. The third kappa shape index (κ3) is 3.42. The van der Waals surface area contributed by atoms with Crippen molar-refractivity contribution >= 4 is 21.6 Å². The van der Waals surface area contributed by atoms with Crippen LogP contribution in [0.4, 0.5) is 5.69 Å². The third-order valence-electron chi connectivity index (χ3n) is 4.65. The van der Waals surface area contributed by atoms with E-state index >= 15 is 0 Å². The number of ether oxygens (including phenoxy) is 1. The topological polar surface area (TPSA) is 75.7 Å². The second-order valence-electron chi connectivity index (χ2n) is 6.55. The molecule has 0 atom stereocenters. The average molecular weight is 352 g/mol. The zero-order valence-electron chi connectivity index (χ0n) is 14.1. The van der Waals surface area contributed by atoms with Gasteiger partial charge < -0.3 is 10.1 Å². The van der Waals surface area contributed by atoms with Crippen LogP contribution in [0.15, 0.2) is 23.1 Å². The maximum Gasteiger partial charge on any atom is 0.243 e. The highest BCUT2D eigenvalue weighted by Crippen LogP contribution is 2.39. The minimum atomic E-state index is -3.58. The molecule has 2 aliphatic carbocycles. The highest BCUT2D eigenvalue weighted by Gasteiger charge is 2.43. The van der Waals surface area contributed by atoms with Gasteiger partial charge in [-0.2, -0.15) is 4.31 Å². The second kappa shape index (κ2) is 6.72. The van der Waals surface area contributed by atoms with Crippen LogP contribution in [0.5, 0.6) is 5.75 Å². The average Bonchev–Trinajstić information content (AvgIpc) is 3.20. The van der Waals surface area contributed by atoms with Crippen molar-refractivity contribution in [1.82, 2.24) is 4.31 Å². The molecule has 0 spiro atoms. The van der Waals surface area contributed by atoms with Crippen LogP contribution in [0, 0.1) is 0 Å². The first-order valence-electron chi connectivity index (χ1n) is 8.42. The van der Waals surface area contributed by atoms with Gasteiger partial charge in [0.15, 0.2) is 0 Å². The van der Waals surface area contributed by atoms with E-state index in [9.17, 15) is 13.2 Å². The van der Waals surface area contributed by atoms with E-state index in [1.165, 1.54) is 20.1 Å². The van der Waals surface area contributed by atoms with Gasteiger partial charge >= 0.3 is 0 Å². The molecule has 6 nitrogen and oxygen atoms in total. The van der Waals surface area contributed by atoms with Crippen molar-refractivity contribution in [2.75, 3.05) is 12.4 Å². The lowest BCUT2D eigenvalue weighted by Crippen LogP contribution is -2.40. The van der Waals surface area contributed by atoms with Crippen molar-refractivity contribution in [2.24, 2.45) is 0 Å². The Morgan fingerprint density at radius 3 is 2.33 bits per heavy atom. The number of nitrogens with zero attached hydrogens (tertiary/aromatic N) is 1. The molecule has 0 unspecified atom stereocenters. The molecule has 2 fully saturated rings. The Hall–Kier alpha value is -1.60. The Labute approximate surface area is 143 Å². The van der Waals surface area contributed by atoms with E-state index in [0.29, 0.717) is 11.4 Å². The van der Waals surface area contributed by atoms with Crippen molar-refractivity contribution in [1.29, 1.82) is 0 Å². The number of carbonyl (C=O) groups excluding carboxylic acids is 1. The van der Waals surface area contributed by atoms with Crippen molar-refractivity contribution < 1.29 is 17.9 Å². The summed E-state index contributed by atoms with van der Waals surface area (Å²) >= 11 is 0. The highest BCUT2D eigenvalue weighted by molar-refractivity contribution is 7.89. The van der Waals surface area contributed by atoms with Gasteiger partial charge in [0.1, 0.15) is 5.75 Å². The summed E-state index contributed by atoms with van der Waals surface area (Å²) in [6.45, 7) is 1.38. The Morgan fingerprint density at radius 2 is 1.79 bits per heavy atom. The van der Waals surface area contributed by atoms with Gasteiger partial charge in [0, 0.05) is 19.0 Å². The van der Waals surface area contributed by atoms with Crippen molar-refractivity contribution in [2.45, 2.75) is 62.4 Å². The lowest BCUT2D eigenvalue weighted by Gasteiger charge is -2.28. The molecule has 24 heavy (non-hydrogen) atoms. The number of sulfonamides is 1. The molecule has 0 aromatic heterocycles. The van der Waals surface area contributed by atoms with Crippen molar-refractivity contribution in [3.63, 3.8) is 0 Å². The summed E-state index contributed by atoms with van der Waals surface area (Å²) in [6, 6.07) is 4.89. The van der Waals surface area contributed by atoms with Crippen LogP contribution in [-0.4, -0.2) is 37.8 Å². The summed E-state index contributed by atoms with van der Waals surface area (Å²) in [5, 5.41) is 2.64. The molecule has 1 aromatic carbocycles. The number of hydrogen-bond acceptors (Lipinski definition) is 4. The molecule has 7 heteroatoms. The first kappa shape index (κ1) is 17.2. The summed E-state index contributed by atoms with van der Waals surface area (Å²) in [5.74, 6) is 0.181.